The van der Waals surface area contributed by atoms with Crippen LogP contribution in [0.1, 0.15) is 49.4 Å². The number of rotatable bonds is 3. The Labute approximate surface area is 169 Å². The van der Waals surface area contributed by atoms with Crippen molar-refractivity contribution in [1.82, 2.24) is 19.7 Å². The number of nitrogens with zero attached hydrogens (tertiary/aromatic N) is 5. The molecular formula is C21H27N5OS. The van der Waals surface area contributed by atoms with Crippen LogP contribution < -0.4 is 4.90 Å². The molecule has 0 aromatic carbocycles. The predicted octanol–water partition coefficient (Wildman–Crippen LogP) is 4.51. The SMILES string of the molecule is Cc1cc(-c2cnc(N3CCOCC3)s2)nc2c1c(C)nn2C1CCCCC1. The van der Waals surface area contributed by atoms with Crippen molar-refractivity contribution in [3.05, 3.63) is 23.5 Å². The van der Waals surface area contributed by atoms with Crippen LogP contribution in [-0.4, -0.2) is 46.1 Å². The van der Waals surface area contributed by atoms with Crippen molar-refractivity contribution in [3.8, 4) is 10.6 Å². The van der Waals surface area contributed by atoms with Crippen LogP contribution in [0, 0.1) is 13.8 Å². The van der Waals surface area contributed by atoms with Gasteiger partial charge in [0.05, 0.1) is 35.5 Å². The van der Waals surface area contributed by atoms with E-state index in [-0.39, 0.29) is 0 Å². The van der Waals surface area contributed by atoms with Gasteiger partial charge < -0.3 is 9.64 Å². The van der Waals surface area contributed by atoms with Gasteiger partial charge in [0.1, 0.15) is 0 Å². The van der Waals surface area contributed by atoms with E-state index in [1.807, 2.05) is 6.20 Å². The molecule has 2 aliphatic rings. The Bertz CT molecular complexity index is 982. The molecule has 0 spiro atoms. The third-order valence-electron chi connectivity index (χ3n) is 5.98. The Kier molecular flexibility index (Phi) is 4.80. The lowest BCUT2D eigenvalue weighted by Crippen LogP contribution is -2.36. The summed E-state index contributed by atoms with van der Waals surface area (Å²) in [6.45, 7) is 7.66. The van der Waals surface area contributed by atoms with E-state index in [4.69, 9.17) is 14.8 Å². The Hall–Kier alpha value is -1.99. The molecule has 0 N–H and O–H groups in total. The zero-order valence-electron chi connectivity index (χ0n) is 16.6. The van der Waals surface area contributed by atoms with E-state index in [1.165, 1.54) is 43.1 Å². The second-order valence-electron chi connectivity index (χ2n) is 7.95. The maximum atomic E-state index is 5.46. The summed E-state index contributed by atoms with van der Waals surface area (Å²) < 4.78 is 7.68. The van der Waals surface area contributed by atoms with E-state index in [1.54, 1.807) is 11.3 Å². The molecule has 0 atom stereocenters. The lowest BCUT2D eigenvalue weighted by atomic mass is 9.95. The zero-order chi connectivity index (χ0) is 19.1. The van der Waals surface area contributed by atoms with Gasteiger partial charge in [0.25, 0.3) is 0 Å². The van der Waals surface area contributed by atoms with E-state index in [0.717, 1.165) is 53.3 Å². The van der Waals surface area contributed by atoms with Crippen molar-refractivity contribution in [3.63, 3.8) is 0 Å². The second-order valence-corrected chi connectivity index (χ2v) is 8.96. The predicted molar refractivity (Wildman–Crippen MR) is 113 cm³/mol. The highest BCUT2D eigenvalue weighted by molar-refractivity contribution is 7.18. The molecule has 7 heteroatoms. The van der Waals surface area contributed by atoms with Crippen LogP contribution in [0.25, 0.3) is 21.6 Å². The van der Waals surface area contributed by atoms with Gasteiger partial charge in [-0.1, -0.05) is 30.6 Å². The molecule has 0 radical (unpaired) electrons. The Morgan fingerprint density at radius 3 is 2.68 bits per heavy atom. The molecule has 2 fully saturated rings. The monoisotopic (exact) mass is 397 g/mol. The largest absolute Gasteiger partial charge is 0.378 e. The summed E-state index contributed by atoms with van der Waals surface area (Å²) >= 11 is 1.73. The number of morpholine rings is 1. The first-order chi connectivity index (χ1) is 13.7. The Morgan fingerprint density at radius 2 is 1.89 bits per heavy atom. The van der Waals surface area contributed by atoms with Crippen LogP contribution in [0.3, 0.4) is 0 Å². The van der Waals surface area contributed by atoms with Crippen LogP contribution in [0.5, 0.6) is 0 Å². The van der Waals surface area contributed by atoms with Crippen LogP contribution in [-0.2, 0) is 4.74 Å². The molecule has 1 saturated heterocycles. The van der Waals surface area contributed by atoms with E-state index < -0.39 is 0 Å². The summed E-state index contributed by atoms with van der Waals surface area (Å²) in [7, 11) is 0. The van der Waals surface area contributed by atoms with Crippen molar-refractivity contribution < 1.29 is 4.74 Å². The standard InChI is InChI=1S/C21H27N5OS/c1-14-12-17(18-13-22-21(28-18)25-8-10-27-11-9-25)23-20-19(14)15(2)24-26(20)16-6-4-3-5-7-16/h12-13,16H,3-11H2,1-2H3. The molecule has 3 aromatic rings. The molecule has 1 aliphatic heterocycles. The van der Waals surface area contributed by atoms with E-state index in [9.17, 15) is 0 Å². The average molecular weight is 398 g/mol. The summed E-state index contributed by atoms with van der Waals surface area (Å²) in [5, 5.41) is 7.19. The van der Waals surface area contributed by atoms with Gasteiger partial charge in [-0.05, 0) is 38.3 Å². The summed E-state index contributed by atoms with van der Waals surface area (Å²) in [5.41, 5.74) is 4.40. The van der Waals surface area contributed by atoms with Crippen molar-refractivity contribution in [2.24, 2.45) is 0 Å². The molecule has 3 aromatic heterocycles. The number of pyridine rings is 1. The van der Waals surface area contributed by atoms with Crippen LogP contribution in [0.2, 0.25) is 0 Å². The number of fused-ring (bicyclic) bond motifs is 1. The highest BCUT2D eigenvalue weighted by Gasteiger charge is 2.22. The van der Waals surface area contributed by atoms with Gasteiger partial charge in [0.2, 0.25) is 0 Å². The van der Waals surface area contributed by atoms with E-state index in [2.05, 4.69) is 34.5 Å². The van der Waals surface area contributed by atoms with Crippen molar-refractivity contribution in [2.45, 2.75) is 52.0 Å². The van der Waals surface area contributed by atoms with Gasteiger partial charge in [-0.25, -0.2) is 14.6 Å². The van der Waals surface area contributed by atoms with E-state index in [0.29, 0.717) is 6.04 Å². The second kappa shape index (κ2) is 7.44. The lowest BCUT2D eigenvalue weighted by Gasteiger charge is -2.25. The van der Waals surface area contributed by atoms with Crippen LogP contribution in [0.4, 0.5) is 5.13 Å². The van der Waals surface area contributed by atoms with Crippen LogP contribution in [0.15, 0.2) is 12.3 Å². The summed E-state index contributed by atoms with van der Waals surface area (Å²) in [6.07, 6.45) is 8.32. The Balaban J connectivity index is 1.54. The van der Waals surface area contributed by atoms with Gasteiger partial charge >= 0.3 is 0 Å². The molecule has 4 heterocycles. The summed E-state index contributed by atoms with van der Waals surface area (Å²) in [6, 6.07) is 2.68. The average Bonchev–Trinajstić information content (AvgIpc) is 3.35. The maximum Gasteiger partial charge on any atom is 0.186 e. The normalized spacial score (nSPS) is 18.9. The molecule has 1 aliphatic carbocycles. The molecule has 0 bridgehead atoms. The van der Waals surface area contributed by atoms with Gasteiger partial charge in [0, 0.05) is 24.7 Å². The minimum absolute atomic E-state index is 0.484. The molecule has 6 nitrogen and oxygen atoms in total. The molecular weight excluding hydrogens is 370 g/mol. The molecule has 0 amide bonds. The molecule has 148 valence electrons. The minimum Gasteiger partial charge on any atom is -0.378 e. The molecule has 28 heavy (non-hydrogen) atoms. The number of anilines is 1. The maximum absolute atomic E-state index is 5.46. The van der Waals surface area contributed by atoms with Gasteiger partial charge in [-0.3, -0.25) is 0 Å². The summed E-state index contributed by atoms with van der Waals surface area (Å²) in [4.78, 5) is 13.2. The van der Waals surface area contributed by atoms with Crippen molar-refractivity contribution in [2.75, 3.05) is 31.2 Å². The van der Waals surface area contributed by atoms with E-state index >= 15 is 0 Å². The zero-order valence-corrected chi connectivity index (χ0v) is 17.5. The Morgan fingerprint density at radius 1 is 1.11 bits per heavy atom. The third-order valence-corrected chi connectivity index (χ3v) is 7.06. The van der Waals surface area contributed by atoms with Crippen molar-refractivity contribution in [1.29, 1.82) is 0 Å². The minimum atomic E-state index is 0.484. The fourth-order valence-electron chi connectivity index (χ4n) is 4.52. The number of ether oxygens (including phenoxy) is 1. The first-order valence-corrected chi connectivity index (χ1v) is 11.2. The van der Waals surface area contributed by atoms with Gasteiger partial charge in [0.15, 0.2) is 10.8 Å². The number of aryl methyl sites for hydroxylation is 2. The molecule has 5 rings (SSSR count). The molecule has 0 unspecified atom stereocenters. The van der Waals surface area contributed by atoms with Crippen LogP contribution >= 0.6 is 11.3 Å². The number of hydrogen-bond donors (Lipinski definition) is 0. The first-order valence-electron chi connectivity index (χ1n) is 10.4. The number of hydrogen-bond acceptors (Lipinski definition) is 6. The molecule has 1 saturated carbocycles. The fourth-order valence-corrected chi connectivity index (χ4v) is 5.45. The van der Waals surface area contributed by atoms with Gasteiger partial charge in [-0.2, -0.15) is 5.10 Å². The van der Waals surface area contributed by atoms with Crippen molar-refractivity contribution >= 4 is 27.5 Å². The number of thiazole rings is 1. The quantitative estimate of drug-likeness (QED) is 0.651. The first kappa shape index (κ1) is 18.1. The highest BCUT2D eigenvalue weighted by atomic mass is 32.1. The van der Waals surface area contributed by atoms with Gasteiger partial charge in [-0.15, -0.1) is 0 Å². The smallest absolute Gasteiger partial charge is 0.186 e. The third kappa shape index (κ3) is 3.20. The topological polar surface area (TPSA) is 56.1 Å². The number of aromatic nitrogens is 4. The fraction of sp³-hybridized carbons (Fsp3) is 0.571. The summed E-state index contributed by atoms with van der Waals surface area (Å²) in [5.74, 6) is 0. The highest BCUT2D eigenvalue weighted by Crippen LogP contribution is 2.35. The lowest BCUT2D eigenvalue weighted by molar-refractivity contribution is 0.122.